The van der Waals surface area contributed by atoms with Gasteiger partial charge in [-0.15, -0.1) is 0 Å². The Balaban J connectivity index is 1.87. The third kappa shape index (κ3) is 1.75. The van der Waals surface area contributed by atoms with Crippen molar-refractivity contribution in [3.8, 4) is 11.5 Å². The zero-order chi connectivity index (χ0) is 13.8. The number of hydrogen-bond donors (Lipinski definition) is 1. The van der Waals surface area contributed by atoms with Crippen molar-refractivity contribution in [2.75, 3.05) is 13.2 Å². The van der Waals surface area contributed by atoms with Gasteiger partial charge in [0, 0.05) is 6.04 Å². The SMILES string of the molecule is CC1(C)C(C(N)c2ccc3c(c2)OCCO3)C1(C)C. The van der Waals surface area contributed by atoms with Crippen molar-refractivity contribution in [3.63, 3.8) is 0 Å². The predicted octanol–water partition coefficient (Wildman–Crippen LogP) is 3.14. The minimum Gasteiger partial charge on any atom is -0.486 e. The van der Waals surface area contributed by atoms with Crippen molar-refractivity contribution < 1.29 is 9.47 Å². The van der Waals surface area contributed by atoms with Gasteiger partial charge in [0.05, 0.1) is 0 Å². The van der Waals surface area contributed by atoms with Crippen LogP contribution in [-0.4, -0.2) is 13.2 Å². The molecule has 3 heteroatoms. The maximum Gasteiger partial charge on any atom is 0.161 e. The molecule has 3 nitrogen and oxygen atoms in total. The summed E-state index contributed by atoms with van der Waals surface area (Å²) in [5, 5.41) is 0. The lowest BCUT2D eigenvalue weighted by atomic mass is 9.97. The van der Waals surface area contributed by atoms with Crippen LogP contribution in [0.3, 0.4) is 0 Å². The minimum absolute atomic E-state index is 0.0563. The molecule has 2 N–H and O–H groups in total. The molecule has 1 aromatic rings. The van der Waals surface area contributed by atoms with Crippen LogP contribution in [0, 0.1) is 16.7 Å². The van der Waals surface area contributed by atoms with Crippen LogP contribution in [0.5, 0.6) is 11.5 Å². The Kier molecular flexibility index (Phi) is 2.62. The van der Waals surface area contributed by atoms with Gasteiger partial charge in [-0.1, -0.05) is 33.8 Å². The molecule has 0 saturated heterocycles. The smallest absolute Gasteiger partial charge is 0.161 e. The van der Waals surface area contributed by atoms with E-state index in [0.717, 1.165) is 17.1 Å². The Bertz CT molecular complexity index is 493. The molecule has 1 unspecified atom stereocenters. The highest BCUT2D eigenvalue weighted by atomic mass is 16.6. The molecule has 1 heterocycles. The van der Waals surface area contributed by atoms with Crippen molar-refractivity contribution in [3.05, 3.63) is 23.8 Å². The van der Waals surface area contributed by atoms with E-state index in [2.05, 4.69) is 33.8 Å². The lowest BCUT2D eigenvalue weighted by Gasteiger charge is -2.21. The lowest BCUT2D eigenvalue weighted by molar-refractivity contribution is 0.171. The van der Waals surface area contributed by atoms with Crippen molar-refractivity contribution in [1.29, 1.82) is 0 Å². The van der Waals surface area contributed by atoms with Gasteiger partial charge in [0.25, 0.3) is 0 Å². The zero-order valence-corrected chi connectivity index (χ0v) is 12.2. The van der Waals surface area contributed by atoms with Crippen molar-refractivity contribution in [2.24, 2.45) is 22.5 Å². The fourth-order valence-electron chi connectivity index (χ4n) is 3.60. The summed E-state index contributed by atoms with van der Waals surface area (Å²) in [4.78, 5) is 0. The van der Waals surface area contributed by atoms with Gasteiger partial charge in [-0.05, 0) is 34.4 Å². The van der Waals surface area contributed by atoms with Gasteiger partial charge in [-0.25, -0.2) is 0 Å². The second kappa shape index (κ2) is 3.89. The highest BCUT2D eigenvalue weighted by molar-refractivity contribution is 5.45. The molecular formula is C16H23NO2. The first-order valence-electron chi connectivity index (χ1n) is 7.01. The van der Waals surface area contributed by atoms with E-state index in [9.17, 15) is 0 Å². The highest BCUT2D eigenvalue weighted by Crippen LogP contribution is 2.71. The molecule has 3 rings (SSSR count). The van der Waals surface area contributed by atoms with E-state index in [1.165, 1.54) is 0 Å². The lowest BCUT2D eigenvalue weighted by Crippen LogP contribution is -2.19. The second-order valence-electron chi connectivity index (χ2n) is 6.85. The number of fused-ring (bicyclic) bond motifs is 1. The van der Waals surface area contributed by atoms with Crippen molar-refractivity contribution in [2.45, 2.75) is 33.7 Å². The van der Waals surface area contributed by atoms with Crippen LogP contribution in [0.15, 0.2) is 18.2 Å². The maximum atomic E-state index is 6.49. The molecule has 19 heavy (non-hydrogen) atoms. The zero-order valence-electron chi connectivity index (χ0n) is 12.2. The normalized spacial score (nSPS) is 24.9. The summed E-state index contributed by atoms with van der Waals surface area (Å²) < 4.78 is 11.2. The summed E-state index contributed by atoms with van der Waals surface area (Å²) in [6.07, 6.45) is 0. The van der Waals surface area contributed by atoms with E-state index in [4.69, 9.17) is 15.2 Å². The van der Waals surface area contributed by atoms with E-state index >= 15 is 0 Å². The van der Waals surface area contributed by atoms with Crippen molar-refractivity contribution >= 4 is 0 Å². The maximum absolute atomic E-state index is 6.49. The molecule has 0 bridgehead atoms. The first-order valence-corrected chi connectivity index (χ1v) is 7.01. The number of benzene rings is 1. The third-order valence-corrected chi connectivity index (χ3v) is 5.44. The number of hydrogen-bond acceptors (Lipinski definition) is 3. The predicted molar refractivity (Wildman–Crippen MR) is 75.4 cm³/mol. The molecule has 1 aliphatic carbocycles. The number of ether oxygens (including phenoxy) is 2. The molecule has 2 aliphatic rings. The quantitative estimate of drug-likeness (QED) is 0.889. The molecule has 1 saturated carbocycles. The van der Waals surface area contributed by atoms with E-state index in [1.807, 2.05) is 12.1 Å². The Morgan fingerprint density at radius 1 is 1.05 bits per heavy atom. The summed E-state index contributed by atoms with van der Waals surface area (Å²) >= 11 is 0. The van der Waals surface area contributed by atoms with E-state index < -0.39 is 0 Å². The largest absolute Gasteiger partial charge is 0.486 e. The van der Waals surface area contributed by atoms with Gasteiger partial charge in [-0.3, -0.25) is 0 Å². The van der Waals surface area contributed by atoms with E-state index in [1.54, 1.807) is 0 Å². The van der Waals surface area contributed by atoms with Crippen LogP contribution >= 0.6 is 0 Å². The van der Waals surface area contributed by atoms with Gasteiger partial charge >= 0.3 is 0 Å². The molecule has 104 valence electrons. The van der Waals surface area contributed by atoms with Crippen LogP contribution in [0.1, 0.15) is 39.3 Å². The van der Waals surface area contributed by atoms with Crippen LogP contribution in [0.4, 0.5) is 0 Å². The summed E-state index contributed by atoms with van der Waals surface area (Å²) in [7, 11) is 0. The first kappa shape index (κ1) is 12.8. The topological polar surface area (TPSA) is 44.5 Å². The summed E-state index contributed by atoms with van der Waals surface area (Å²) in [6, 6.07) is 6.15. The third-order valence-electron chi connectivity index (χ3n) is 5.44. The molecule has 0 radical (unpaired) electrons. The van der Waals surface area contributed by atoms with Gasteiger partial charge in [0.15, 0.2) is 11.5 Å². The number of nitrogens with two attached hydrogens (primary N) is 1. The summed E-state index contributed by atoms with van der Waals surface area (Å²) in [5.41, 5.74) is 8.22. The van der Waals surface area contributed by atoms with Gasteiger partial charge in [0.2, 0.25) is 0 Å². The molecule has 1 aliphatic heterocycles. The van der Waals surface area contributed by atoms with E-state index in [0.29, 0.717) is 30.0 Å². The summed E-state index contributed by atoms with van der Waals surface area (Å²) in [5.74, 6) is 2.16. The molecule has 0 spiro atoms. The number of rotatable bonds is 2. The Morgan fingerprint density at radius 2 is 1.63 bits per heavy atom. The first-order chi connectivity index (χ1) is 8.85. The van der Waals surface area contributed by atoms with Gasteiger partial charge in [-0.2, -0.15) is 0 Å². The molecule has 1 fully saturated rings. The van der Waals surface area contributed by atoms with Gasteiger partial charge < -0.3 is 15.2 Å². The van der Waals surface area contributed by atoms with Crippen LogP contribution in [0.2, 0.25) is 0 Å². The monoisotopic (exact) mass is 261 g/mol. The standard InChI is InChI=1S/C16H23NO2/c1-15(2)14(16(15,3)4)13(17)10-5-6-11-12(9-10)19-8-7-18-11/h5-6,9,13-14H,7-8,17H2,1-4H3. The Labute approximate surface area is 115 Å². The molecule has 0 amide bonds. The average Bonchev–Trinajstić information content (AvgIpc) is 2.78. The van der Waals surface area contributed by atoms with Gasteiger partial charge in [0.1, 0.15) is 13.2 Å². The van der Waals surface area contributed by atoms with Crippen molar-refractivity contribution in [1.82, 2.24) is 0 Å². The summed E-state index contributed by atoms with van der Waals surface area (Å²) in [6.45, 7) is 10.4. The Hall–Kier alpha value is -1.22. The van der Waals surface area contributed by atoms with Crippen LogP contribution in [0.25, 0.3) is 0 Å². The molecule has 1 atom stereocenters. The average molecular weight is 261 g/mol. The molecule has 0 aromatic heterocycles. The second-order valence-corrected chi connectivity index (χ2v) is 6.85. The molecular weight excluding hydrogens is 238 g/mol. The fourth-order valence-corrected chi connectivity index (χ4v) is 3.60. The fraction of sp³-hybridized carbons (Fsp3) is 0.625. The van der Waals surface area contributed by atoms with Crippen LogP contribution < -0.4 is 15.2 Å². The van der Waals surface area contributed by atoms with E-state index in [-0.39, 0.29) is 6.04 Å². The minimum atomic E-state index is 0.0563. The molecule has 1 aromatic carbocycles. The van der Waals surface area contributed by atoms with Crippen LogP contribution in [-0.2, 0) is 0 Å². The highest BCUT2D eigenvalue weighted by Gasteiger charge is 2.66. The Morgan fingerprint density at radius 3 is 2.21 bits per heavy atom.